The lowest BCUT2D eigenvalue weighted by molar-refractivity contribution is -0.131. The molecule has 1 aliphatic heterocycles. The smallest absolute Gasteiger partial charge is 0.377 e. The second-order valence-electron chi connectivity index (χ2n) is 3.85. The molecular weight excluding hydrogens is 224 g/mol. The van der Waals surface area contributed by atoms with Crippen LogP contribution in [0.3, 0.4) is 0 Å². The number of carbonyl (C=O) groups excluding carboxylic acids is 1. The van der Waals surface area contributed by atoms with Crippen molar-refractivity contribution in [3.8, 4) is 11.5 Å². The highest BCUT2D eigenvalue weighted by Gasteiger charge is 2.28. The van der Waals surface area contributed by atoms with Crippen LogP contribution in [0.2, 0.25) is 0 Å². The number of hydrogen-bond donors (Lipinski definition) is 1. The Kier molecular flexibility index (Phi) is 2.75. The minimum Gasteiger partial charge on any atom is -0.486 e. The van der Waals surface area contributed by atoms with Gasteiger partial charge < -0.3 is 14.6 Å². The molecule has 0 saturated carbocycles. The quantitative estimate of drug-likeness (QED) is 0.619. The average Bonchev–Trinajstić information content (AvgIpc) is 2.30. The minimum absolute atomic E-state index is 0.0900. The summed E-state index contributed by atoms with van der Waals surface area (Å²) < 4.78 is 10.7. The second-order valence-corrected chi connectivity index (χ2v) is 3.85. The Morgan fingerprint density at radius 3 is 2.53 bits per heavy atom. The molecule has 1 aromatic carbocycles. The first-order chi connectivity index (χ1) is 8.02. The molecule has 0 radical (unpaired) electrons. The Bertz CT molecular complexity index is 504. The predicted octanol–water partition coefficient (Wildman–Crippen LogP) is 1.34. The molecule has 0 aromatic heterocycles. The normalized spacial score (nSPS) is 13.3. The molecule has 1 aromatic rings. The van der Waals surface area contributed by atoms with E-state index in [1.54, 1.807) is 19.9 Å². The SMILES string of the molecule is Cc1cc2c(c(C(=O)C(=O)O)c1C)OCCO2. The summed E-state index contributed by atoms with van der Waals surface area (Å²) in [6.45, 7) is 4.21. The summed E-state index contributed by atoms with van der Waals surface area (Å²) in [5.41, 5.74) is 1.51. The summed E-state index contributed by atoms with van der Waals surface area (Å²) in [5.74, 6) is -1.78. The van der Waals surface area contributed by atoms with Gasteiger partial charge in [-0.15, -0.1) is 0 Å². The van der Waals surface area contributed by atoms with Crippen LogP contribution in [0.1, 0.15) is 21.5 Å². The Morgan fingerprint density at radius 1 is 1.24 bits per heavy atom. The van der Waals surface area contributed by atoms with Gasteiger partial charge in [0.15, 0.2) is 11.5 Å². The van der Waals surface area contributed by atoms with Crippen molar-refractivity contribution < 1.29 is 24.2 Å². The van der Waals surface area contributed by atoms with Gasteiger partial charge in [-0.1, -0.05) is 0 Å². The Hall–Kier alpha value is -2.04. The number of carboxylic acids is 1. The minimum atomic E-state index is -1.49. The number of carbonyl (C=O) groups is 2. The predicted molar refractivity (Wildman–Crippen MR) is 58.9 cm³/mol. The van der Waals surface area contributed by atoms with E-state index in [2.05, 4.69) is 0 Å². The molecule has 5 heteroatoms. The molecule has 5 nitrogen and oxygen atoms in total. The number of fused-ring (bicyclic) bond motifs is 1. The van der Waals surface area contributed by atoms with Crippen molar-refractivity contribution in [1.29, 1.82) is 0 Å². The molecule has 1 N–H and O–H groups in total. The van der Waals surface area contributed by atoms with Gasteiger partial charge in [0.05, 0.1) is 5.56 Å². The lowest BCUT2D eigenvalue weighted by atomic mass is 9.98. The van der Waals surface area contributed by atoms with Crippen molar-refractivity contribution in [2.75, 3.05) is 13.2 Å². The zero-order valence-corrected chi connectivity index (χ0v) is 9.57. The lowest BCUT2D eigenvalue weighted by Crippen LogP contribution is -2.22. The van der Waals surface area contributed by atoms with Gasteiger partial charge in [0.1, 0.15) is 13.2 Å². The topological polar surface area (TPSA) is 72.8 Å². The van der Waals surface area contributed by atoms with Gasteiger partial charge in [-0.05, 0) is 31.0 Å². The van der Waals surface area contributed by atoms with E-state index in [0.29, 0.717) is 24.5 Å². The number of hydrogen-bond acceptors (Lipinski definition) is 4. The molecule has 90 valence electrons. The van der Waals surface area contributed by atoms with E-state index in [9.17, 15) is 9.59 Å². The number of aryl methyl sites for hydroxylation is 1. The second kappa shape index (κ2) is 4.08. The van der Waals surface area contributed by atoms with Crippen molar-refractivity contribution in [3.63, 3.8) is 0 Å². The number of benzene rings is 1. The van der Waals surface area contributed by atoms with E-state index >= 15 is 0 Å². The maximum atomic E-state index is 11.7. The number of aliphatic carboxylic acids is 1. The van der Waals surface area contributed by atoms with Gasteiger partial charge in [-0.3, -0.25) is 4.79 Å². The molecule has 0 saturated heterocycles. The molecule has 0 fully saturated rings. The summed E-state index contributed by atoms with van der Waals surface area (Å²) in [4.78, 5) is 22.5. The fraction of sp³-hybridized carbons (Fsp3) is 0.333. The summed E-state index contributed by atoms with van der Waals surface area (Å²) >= 11 is 0. The van der Waals surface area contributed by atoms with Crippen molar-refractivity contribution in [2.45, 2.75) is 13.8 Å². The first kappa shape index (κ1) is 11.4. The van der Waals surface area contributed by atoms with Gasteiger partial charge in [0.25, 0.3) is 5.78 Å². The number of Topliss-reactive ketones (excluding diaryl/α,β-unsaturated/α-hetero) is 1. The van der Waals surface area contributed by atoms with Gasteiger partial charge in [-0.2, -0.15) is 0 Å². The van der Waals surface area contributed by atoms with Crippen LogP contribution in [-0.2, 0) is 4.79 Å². The van der Waals surface area contributed by atoms with E-state index < -0.39 is 11.8 Å². The highest BCUT2D eigenvalue weighted by molar-refractivity contribution is 6.41. The van der Waals surface area contributed by atoms with Crippen molar-refractivity contribution in [1.82, 2.24) is 0 Å². The largest absolute Gasteiger partial charge is 0.486 e. The molecular formula is C12H12O5. The van der Waals surface area contributed by atoms with Crippen LogP contribution in [0, 0.1) is 13.8 Å². The lowest BCUT2D eigenvalue weighted by Gasteiger charge is -2.22. The molecule has 0 amide bonds. The van der Waals surface area contributed by atoms with E-state index in [4.69, 9.17) is 14.6 Å². The first-order valence-corrected chi connectivity index (χ1v) is 5.19. The monoisotopic (exact) mass is 236 g/mol. The Labute approximate surface area is 98.0 Å². The summed E-state index contributed by atoms with van der Waals surface area (Å²) in [6.07, 6.45) is 0. The van der Waals surface area contributed by atoms with Crippen LogP contribution in [-0.4, -0.2) is 30.1 Å². The maximum absolute atomic E-state index is 11.7. The number of ketones is 1. The summed E-state index contributed by atoms with van der Waals surface area (Å²) in [6, 6.07) is 1.75. The molecule has 17 heavy (non-hydrogen) atoms. The van der Waals surface area contributed by atoms with Crippen LogP contribution in [0.25, 0.3) is 0 Å². The van der Waals surface area contributed by atoms with Crippen molar-refractivity contribution >= 4 is 11.8 Å². The number of carboxylic acid groups (broad SMARTS) is 1. The molecule has 0 atom stereocenters. The van der Waals surface area contributed by atoms with Crippen molar-refractivity contribution in [3.05, 3.63) is 22.8 Å². The zero-order valence-electron chi connectivity index (χ0n) is 9.57. The van der Waals surface area contributed by atoms with Crippen LogP contribution in [0.15, 0.2) is 6.07 Å². The zero-order chi connectivity index (χ0) is 12.6. The molecule has 1 heterocycles. The molecule has 0 unspecified atom stereocenters. The van der Waals surface area contributed by atoms with Gasteiger partial charge in [0.2, 0.25) is 0 Å². The molecule has 0 bridgehead atoms. The highest BCUT2D eigenvalue weighted by atomic mass is 16.6. The van der Waals surface area contributed by atoms with Gasteiger partial charge in [0, 0.05) is 0 Å². The average molecular weight is 236 g/mol. The van der Waals surface area contributed by atoms with Crippen LogP contribution in [0.5, 0.6) is 11.5 Å². The third-order valence-corrected chi connectivity index (χ3v) is 2.77. The Balaban J connectivity index is 2.66. The van der Waals surface area contributed by atoms with Gasteiger partial charge in [-0.25, -0.2) is 4.79 Å². The first-order valence-electron chi connectivity index (χ1n) is 5.19. The maximum Gasteiger partial charge on any atom is 0.377 e. The Morgan fingerprint density at radius 2 is 1.88 bits per heavy atom. The van der Waals surface area contributed by atoms with Crippen LogP contribution < -0.4 is 9.47 Å². The standard InChI is InChI=1S/C12H12O5/c1-6-5-8-11(17-4-3-16-8)9(7(6)2)10(13)12(14)15/h5H,3-4H2,1-2H3,(H,14,15). The molecule has 1 aliphatic rings. The molecule has 0 aliphatic carbocycles. The molecule has 0 spiro atoms. The summed E-state index contributed by atoms with van der Waals surface area (Å²) in [5, 5.41) is 8.81. The summed E-state index contributed by atoms with van der Waals surface area (Å²) in [7, 11) is 0. The number of rotatable bonds is 2. The van der Waals surface area contributed by atoms with Crippen molar-refractivity contribution in [2.24, 2.45) is 0 Å². The number of ether oxygens (including phenoxy) is 2. The fourth-order valence-corrected chi connectivity index (χ4v) is 1.79. The van der Waals surface area contributed by atoms with Crippen LogP contribution >= 0.6 is 0 Å². The van der Waals surface area contributed by atoms with E-state index in [1.165, 1.54) is 0 Å². The van der Waals surface area contributed by atoms with Gasteiger partial charge >= 0.3 is 5.97 Å². The fourth-order valence-electron chi connectivity index (χ4n) is 1.79. The van der Waals surface area contributed by atoms with E-state index in [-0.39, 0.29) is 11.3 Å². The molecule has 2 rings (SSSR count). The highest BCUT2D eigenvalue weighted by Crippen LogP contribution is 2.37. The third-order valence-electron chi connectivity index (χ3n) is 2.77. The van der Waals surface area contributed by atoms with E-state index in [0.717, 1.165) is 5.56 Å². The van der Waals surface area contributed by atoms with Crippen LogP contribution in [0.4, 0.5) is 0 Å². The van der Waals surface area contributed by atoms with E-state index in [1.807, 2.05) is 0 Å². The third kappa shape index (κ3) is 1.84.